The van der Waals surface area contributed by atoms with Crippen molar-refractivity contribution in [1.82, 2.24) is 9.78 Å². The van der Waals surface area contributed by atoms with E-state index < -0.39 is 0 Å². The number of nitrogens with two attached hydrogens (primary N) is 1. The van der Waals surface area contributed by atoms with Gasteiger partial charge in [0.15, 0.2) is 0 Å². The number of rotatable bonds is 4. The van der Waals surface area contributed by atoms with Gasteiger partial charge in [0.05, 0.1) is 12.2 Å². The van der Waals surface area contributed by atoms with Crippen molar-refractivity contribution in [2.24, 2.45) is 5.73 Å². The van der Waals surface area contributed by atoms with Crippen LogP contribution in [0.25, 0.3) is 0 Å². The minimum absolute atomic E-state index is 0.277. The fourth-order valence-corrected chi connectivity index (χ4v) is 2.35. The monoisotopic (exact) mass is 283 g/mol. The summed E-state index contributed by atoms with van der Waals surface area (Å²) in [4.78, 5) is 0. The van der Waals surface area contributed by atoms with E-state index in [1.54, 1.807) is 18.3 Å². The molecule has 2 rings (SSSR count). The molecule has 1 unspecified atom stereocenters. The van der Waals surface area contributed by atoms with E-state index in [0.29, 0.717) is 10.0 Å². The second-order valence-electron chi connectivity index (χ2n) is 4.18. The molecule has 2 N–H and O–H groups in total. The predicted molar refractivity (Wildman–Crippen MR) is 75.0 cm³/mol. The molecule has 0 aliphatic rings. The maximum absolute atomic E-state index is 6.20. The van der Waals surface area contributed by atoms with Gasteiger partial charge in [-0.15, -0.1) is 0 Å². The zero-order valence-corrected chi connectivity index (χ0v) is 11.6. The largest absolute Gasteiger partial charge is 0.320 e. The molecule has 0 aliphatic heterocycles. The summed E-state index contributed by atoms with van der Waals surface area (Å²) >= 11 is 12.0. The third-order valence-electron chi connectivity index (χ3n) is 2.76. The van der Waals surface area contributed by atoms with Gasteiger partial charge in [0.2, 0.25) is 0 Å². The molecular weight excluding hydrogens is 269 g/mol. The van der Waals surface area contributed by atoms with E-state index in [4.69, 9.17) is 28.9 Å². The molecule has 5 heteroatoms. The number of aryl methyl sites for hydroxylation is 1. The average molecular weight is 284 g/mol. The lowest BCUT2D eigenvalue weighted by molar-refractivity contribution is 0.602. The fraction of sp³-hybridized carbons (Fsp3) is 0.308. The van der Waals surface area contributed by atoms with E-state index in [0.717, 1.165) is 24.1 Å². The molecule has 0 saturated carbocycles. The Labute approximate surface area is 117 Å². The number of hydrogen-bond acceptors (Lipinski definition) is 2. The second-order valence-corrected chi connectivity index (χ2v) is 5.02. The van der Waals surface area contributed by atoms with Crippen molar-refractivity contribution in [3.63, 3.8) is 0 Å². The van der Waals surface area contributed by atoms with Crippen molar-refractivity contribution in [2.75, 3.05) is 0 Å². The molecule has 18 heavy (non-hydrogen) atoms. The van der Waals surface area contributed by atoms with Gasteiger partial charge in [-0.05, 0) is 24.1 Å². The minimum atomic E-state index is -0.277. The van der Waals surface area contributed by atoms with Crippen LogP contribution < -0.4 is 5.73 Å². The minimum Gasteiger partial charge on any atom is -0.320 e. The van der Waals surface area contributed by atoms with E-state index in [9.17, 15) is 0 Å². The van der Waals surface area contributed by atoms with Crippen molar-refractivity contribution in [2.45, 2.75) is 25.9 Å². The topological polar surface area (TPSA) is 43.8 Å². The molecule has 1 heterocycles. The number of aromatic nitrogens is 2. The summed E-state index contributed by atoms with van der Waals surface area (Å²) in [6, 6.07) is 5.07. The third kappa shape index (κ3) is 2.86. The standard InChI is InChI=1S/C13H15Cl2N3/c1-2-5-18-8-9(7-17-18)13(16)11-4-3-10(14)6-12(11)15/h3-4,6-8,13H,2,5,16H2,1H3. The zero-order valence-electron chi connectivity index (χ0n) is 10.1. The summed E-state index contributed by atoms with van der Waals surface area (Å²) in [5.74, 6) is 0. The maximum atomic E-state index is 6.20. The average Bonchev–Trinajstić information content (AvgIpc) is 2.77. The van der Waals surface area contributed by atoms with Gasteiger partial charge >= 0.3 is 0 Å². The van der Waals surface area contributed by atoms with Crippen molar-refractivity contribution in [1.29, 1.82) is 0 Å². The number of benzene rings is 1. The molecule has 0 fully saturated rings. The summed E-state index contributed by atoms with van der Waals surface area (Å²) in [5.41, 5.74) is 8.01. The molecule has 0 bridgehead atoms. The van der Waals surface area contributed by atoms with Gasteiger partial charge < -0.3 is 5.73 Å². The Morgan fingerprint density at radius 3 is 2.83 bits per heavy atom. The van der Waals surface area contributed by atoms with Crippen LogP contribution >= 0.6 is 23.2 Å². The van der Waals surface area contributed by atoms with Crippen LogP contribution in [0.2, 0.25) is 10.0 Å². The van der Waals surface area contributed by atoms with Crippen LogP contribution in [0, 0.1) is 0 Å². The lowest BCUT2D eigenvalue weighted by Gasteiger charge is -2.12. The number of hydrogen-bond donors (Lipinski definition) is 1. The smallest absolute Gasteiger partial charge is 0.0597 e. The molecule has 0 saturated heterocycles. The van der Waals surface area contributed by atoms with Gasteiger partial charge in [0.25, 0.3) is 0 Å². The zero-order chi connectivity index (χ0) is 13.1. The molecule has 0 amide bonds. The quantitative estimate of drug-likeness (QED) is 0.931. The lowest BCUT2D eigenvalue weighted by Crippen LogP contribution is -2.11. The SMILES string of the molecule is CCCn1cc(C(N)c2ccc(Cl)cc2Cl)cn1. The molecular formula is C13H15Cl2N3. The van der Waals surface area contributed by atoms with Crippen molar-refractivity contribution < 1.29 is 0 Å². The Hall–Kier alpha value is -1.03. The van der Waals surface area contributed by atoms with E-state index in [-0.39, 0.29) is 6.04 Å². The van der Waals surface area contributed by atoms with Crippen molar-refractivity contribution in [3.8, 4) is 0 Å². The van der Waals surface area contributed by atoms with E-state index in [2.05, 4.69) is 12.0 Å². The van der Waals surface area contributed by atoms with Crippen LogP contribution in [0.4, 0.5) is 0 Å². The molecule has 1 atom stereocenters. The molecule has 1 aromatic carbocycles. The molecule has 0 aliphatic carbocycles. The first-order valence-electron chi connectivity index (χ1n) is 5.84. The fourth-order valence-electron chi connectivity index (χ4n) is 1.82. The van der Waals surface area contributed by atoms with Crippen LogP contribution in [0.15, 0.2) is 30.6 Å². The van der Waals surface area contributed by atoms with Gasteiger partial charge in [-0.2, -0.15) is 5.10 Å². The Bertz CT molecular complexity index is 537. The summed E-state index contributed by atoms with van der Waals surface area (Å²) in [6.45, 7) is 3.00. The summed E-state index contributed by atoms with van der Waals surface area (Å²) in [5, 5.41) is 5.46. The molecule has 96 valence electrons. The Morgan fingerprint density at radius 1 is 1.39 bits per heavy atom. The summed E-state index contributed by atoms with van der Waals surface area (Å²) < 4.78 is 1.89. The summed E-state index contributed by atoms with van der Waals surface area (Å²) in [7, 11) is 0. The Morgan fingerprint density at radius 2 is 2.17 bits per heavy atom. The predicted octanol–water partition coefficient (Wildman–Crippen LogP) is 3.65. The van der Waals surface area contributed by atoms with Crippen molar-refractivity contribution >= 4 is 23.2 Å². The van der Waals surface area contributed by atoms with Crippen LogP contribution in [0.3, 0.4) is 0 Å². The Kier molecular flexibility index (Phi) is 4.27. The maximum Gasteiger partial charge on any atom is 0.0597 e. The highest BCUT2D eigenvalue weighted by Gasteiger charge is 2.14. The van der Waals surface area contributed by atoms with Gasteiger partial charge in [-0.25, -0.2) is 0 Å². The van der Waals surface area contributed by atoms with Crippen LogP contribution in [-0.4, -0.2) is 9.78 Å². The third-order valence-corrected chi connectivity index (χ3v) is 3.33. The normalized spacial score (nSPS) is 12.7. The molecule has 2 aromatic rings. The van der Waals surface area contributed by atoms with E-state index in [1.165, 1.54) is 0 Å². The second kappa shape index (κ2) is 5.74. The first-order chi connectivity index (χ1) is 8.61. The van der Waals surface area contributed by atoms with E-state index >= 15 is 0 Å². The molecule has 1 aromatic heterocycles. The van der Waals surface area contributed by atoms with Gasteiger partial charge in [0, 0.05) is 28.4 Å². The van der Waals surface area contributed by atoms with Crippen LogP contribution in [-0.2, 0) is 6.54 Å². The van der Waals surface area contributed by atoms with Crippen molar-refractivity contribution in [3.05, 3.63) is 51.8 Å². The van der Waals surface area contributed by atoms with Crippen LogP contribution in [0.5, 0.6) is 0 Å². The number of nitrogens with zero attached hydrogens (tertiary/aromatic N) is 2. The van der Waals surface area contributed by atoms with Gasteiger partial charge in [-0.1, -0.05) is 36.2 Å². The van der Waals surface area contributed by atoms with Crippen LogP contribution in [0.1, 0.15) is 30.5 Å². The first kappa shape index (κ1) is 13.4. The highest BCUT2D eigenvalue weighted by atomic mass is 35.5. The molecule has 3 nitrogen and oxygen atoms in total. The van der Waals surface area contributed by atoms with Gasteiger partial charge in [-0.3, -0.25) is 4.68 Å². The highest BCUT2D eigenvalue weighted by Crippen LogP contribution is 2.28. The first-order valence-corrected chi connectivity index (χ1v) is 6.60. The summed E-state index contributed by atoms with van der Waals surface area (Å²) in [6.07, 6.45) is 4.78. The molecule has 0 radical (unpaired) electrons. The number of halogens is 2. The van der Waals surface area contributed by atoms with E-state index in [1.807, 2.05) is 16.9 Å². The molecule has 0 spiro atoms. The highest BCUT2D eigenvalue weighted by molar-refractivity contribution is 6.35. The Balaban J connectivity index is 2.26. The van der Waals surface area contributed by atoms with Gasteiger partial charge in [0.1, 0.15) is 0 Å². The lowest BCUT2D eigenvalue weighted by atomic mass is 10.0.